The number of benzene rings is 1. The number of hydrogen-bond acceptors (Lipinski definition) is 2. The second-order valence-corrected chi connectivity index (χ2v) is 9.46. The van der Waals surface area contributed by atoms with Crippen LogP contribution in [0.4, 0.5) is 0 Å². The molecule has 0 amide bonds. The summed E-state index contributed by atoms with van der Waals surface area (Å²) in [6, 6.07) is 7.05. The summed E-state index contributed by atoms with van der Waals surface area (Å²) in [7, 11) is -0.0762. The standard InChI is InChI=1S/C15H14BrClOS2/c1-10-7-11(2)15(20(16)9-10)19-8-14(18)12-3-5-13(17)6-4-12/h3-7,9H,8H2,1-2H3. The van der Waals surface area contributed by atoms with Crippen LogP contribution in [0.2, 0.25) is 5.02 Å². The Labute approximate surface area is 138 Å². The van der Waals surface area contributed by atoms with E-state index in [9.17, 15) is 4.79 Å². The monoisotopic (exact) mass is 388 g/mol. The summed E-state index contributed by atoms with van der Waals surface area (Å²) in [5.41, 5.74) is 3.20. The zero-order chi connectivity index (χ0) is 14.7. The number of carbonyl (C=O) groups excluding carboxylic acids is 1. The molecule has 2 rings (SSSR count). The number of ketones is 1. The maximum absolute atomic E-state index is 12.2. The molecule has 1 aliphatic rings. The van der Waals surface area contributed by atoms with Gasteiger partial charge in [-0.3, -0.25) is 4.79 Å². The number of rotatable bonds is 3. The van der Waals surface area contributed by atoms with Crippen molar-refractivity contribution < 1.29 is 4.79 Å². The lowest BCUT2D eigenvalue weighted by atomic mass is 10.1. The first-order valence-corrected chi connectivity index (χ1v) is 10.5. The molecule has 0 aliphatic carbocycles. The summed E-state index contributed by atoms with van der Waals surface area (Å²) in [6.07, 6.45) is 2.15. The minimum absolute atomic E-state index is 0.0762. The fraction of sp³-hybridized carbons (Fsp3) is 0.200. The van der Waals surface area contributed by atoms with Crippen LogP contribution in [0.1, 0.15) is 24.2 Å². The van der Waals surface area contributed by atoms with Crippen LogP contribution in [0, 0.1) is 0 Å². The van der Waals surface area contributed by atoms with Gasteiger partial charge in [-0.2, -0.15) is 0 Å². The topological polar surface area (TPSA) is 17.1 Å². The van der Waals surface area contributed by atoms with Gasteiger partial charge in [0, 0.05) is 14.8 Å². The van der Waals surface area contributed by atoms with Crippen molar-refractivity contribution in [3.63, 3.8) is 0 Å². The first kappa shape index (κ1) is 16.1. The van der Waals surface area contributed by atoms with E-state index in [1.807, 2.05) is 0 Å². The molecule has 1 aromatic carbocycles. The van der Waals surface area contributed by atoms with Crippen molar-refractivity contribution >= 4 is 57.1 Å². The molecule has 1 nitrogen and oxygen atoms in total. The normalized spacial score (nSPS) is 18.6. The van der Waals surface area contributed by atoms with Crippen LogP contribution >= 0.6 is 47.1 Å². The molecule has 0 radical (unpaired) electrons. The third-order valence-electron chi connectivity index (χ3n) is 2.73. The third-order valence-corrected chi connectivity index (χ3v) is 8.30. The van der Waals surface area contributed by atoms with Gasteiger partial charge in [0.1, 0.15) is 0 Å². The largest absolute Gasteiger partial charge is 0.293 e. The van der Waals surface area contributed by atoms with E-state index in [1.165, 1.54) is 15.3 Å². The summed E-state index contributed by atoms with van der Waals surface area (Å²) in [5.74, 6) is 0.576. The van der Waals surface area contributed by atoms with E-state index in [0.717, 1.165) is 0 Å². The minimum atomic E-state index is -0.0762. The highest BCUT2D eigenvalue weighted by Gasteiger charge is 2.13. The van der Waals surface area contributed by atoms with Crippen molar-refractivity contribution in [1.82, 2.24) is 0 Å². The van der Waals surface area contributed by atoms with E-state index < -0.39 is 0 Å². The Balaban J connectivity index is 2.06. The fourth-order valence-corrected chi connectivity index (χ4v) is 6.80. The van der Waals surface area contributed by atoms with Crippen LogP contribution in [-0.4, -0.2) is 15.7 Å². The summed E-state index contributed by atoms with van der Waals surface area (Å²) < 4.78 is 1.23. The molecule has 1 aromatic rings. The summed E-state index contributed by atoms with van der Waals surface area (Å²) in [5, 5.41) is 2.83. The molecule has 106 valence electrons. The third kappa shape index (κ3) is 4.10. The van der Waals surface area contributed by atoms with Gasteiger partial charge >= 0.3 is 0 Å². The molecule has 0 fully saturated rings. The molecule has 0 aromatic heterocycles. The fourth-order valence-electron chi connectivity index (χ4n) is 1.83. The molecule has 0 saturated heterocycles. The molecule has 0 bridgehead atoms. The Bertz CT molecular complexity index is 627. The van der Waals surface area contributed by atoms with Gasteiger partial charge in [0.15, 0.2) is 5.78 Å². The van der Waals surface area contributed by atoms with Crippen LogP contribution in [0.25, 0.3) is 0 Å². The molecule has 1 atom stereocenters. The first-order chi connectivity index (χ1) is 9.47. The Hall–Kier alpha value is -0.290. The van der Waals surface area contributed by atoms with E-state index in [0.29, 0.717) is 16.3 Å². The summed E-state index contributed by atoms with van der Waals surface area (Å²) >= 11 is 11.1. The van der Waals surface area contributed by atoms with E-state index >= 15 is 0 Å². The second kappa shape index (κ2) is 7.12. The molecule has 0 saturated carbocycles. The molecule has 1 heterocycles. The van der Waals surface area contributed by atoms with Gasteiger partial charge < -0.3 is 0 Å². The molecule has 20 heavy (non-hydrogen) atoms. The highest BCUT2D eigenvalue weighted by molar-refractivity contribution is 9.54. The van der Waals surface area contributed by atoms with E-state index in [1.54, 1.807) is 36.0 Å². The molecule has 5 heteroatoms. The maximum atomic E-state index is 12.2. The van der Waals surface area contributed by atoms with Gasteiger partial charge in [-0.05, 0) is 69.5 Å². The SMILES string of the molecule is CC1=CS(Br)=C(SCC(=O)c2ccc(Cl)cc2)C(C)=C1. The molecular weight excluding hydrogens is 376 g/mol. The molecule has 1 aliphatic heterocycles. The zero-order valence-electron chi connectivity index (χ0n) is 11.2. The number of thioether (sulfide) groups is 1. The lowest BCUT2D eigenvalue weighted by molar-refractivity contribution is 0.102. The van der Waals surface area contributed by atoms with E-state index in [2.05, 4.69) is 40.1 Å². The molecule has 0 spiro atoms. The average molecular weight is 390 g/mol. The summed E-state index contributed by atoms with van der Waals surface area (Å²) in [4.78, 5) is 12.2. The predicted molar refractivity (Wildman–Crippen MR) is 97.3 cm³/mol. The lowest BCUT2D eigenvalue weighted by Crippen LogP contribution is -2.06. The Morgan fingerprint density at radius 2 is 1.95 bits per heavy atom. The highest BCUT2D eigenvalue weighted by Crippen LogP contribution is 2.38. The number of carbonyl (C=O) groups is 1. The van der Waals surface area contributed by atoms with Crippen molar-refractivity contribution in [1.29, 1.82) is 0 Å². The quantitative estimate of drug-likeness (QED) is 0.478. The summed E-state index contributed by atoms with van der Waals surface area (Å²) in [6.45, 7) is 4.18. The van der Waals surface area contributed by atoms with E-state index in [-0.39, 0.29) is 14.7 Å². The first-order valence-electron chi connectivity index (χ1n) is 6.02. The predicted octanol–water partition coefficient (Wildman–Crippen LogP) is 5.83. The van der Waals surface area contributed by atoms with Gasteiger partial charge in [-0.25, -0.2) is 0 Å². The number of halogens is 2. The van der Waals surface area contributed by atoms with E-state index in [4.69, 9.17) is 11.6 Å². The van der Waals surface area contributed by atoms with Crippen LogP contribution < -0.4 is 0 Å². The number of allylic oxidation sites excluding steroid dienone is 2. The highest BCUT2D eigenvalue weighted by atomic mass is 79.9. The van der Waals surface area contributed by atoms with Crippen LogP contribution in [0.5, 0.6) is 0 Å². The molecule has 1 unspecified atom stereocenters. The van der Waals surface area contributed by atoms with Crippen molar-refractivity contribution in [3.05, 3.63) is 57.5 Å². The maximum Gasteiger partial charge on any atom is 0.173 e. The van der Waals surface area contributed by atoms with Gasteiger partial charge in [-0.1, -0.05) is 26.6 Å². The van der Waals surface area contributed by atoms with Gasteiger partial charge in [-0.15, -0.1) is 11.8 Å². The van der Waals surface area contributed by atoms with Crippen molar-refractivity contribution in [3.8, 4) is 0 Å². The second-order valence-electron chi connectivity index (χ2n) is 4.48. The van der Waals surface area contributed by atoms with Crippen LogP contribution in [0.3, 0.4) is 0 Å². The number of hydrogen-bond donors (Lipinski definition) is 0. The lowest BCUT2D eigenvalue weighted by Gasteiger charge is -2.14. The van der Waals surface area contributed by atoms with Gasteiger partial charge in [0.05, 0.1) is 5.75 Å². The zero-order valence-corrected chi connectivity index (χ0v) is 15.1. The molecular formula is C15H14BrClOS2. The average Bonchev–Trinajstić information content (AvgIpc) is 2.38. The van der Waals surface area contributed by atoms with Crippen molar-refractivity contribution in [2.45, 2.75) is 13.8 Å². The molecule has 0 N–H and O–H groups in total. The van der Waals surface area contributed by atoms with Crippen molar-refractivity contribution in [2.75, 3.05) is 5.75 Å². The Kier molecular flexibility index (Phi) is 5.73. The smallest absolute Gasteiger partial charge is 0.173 e. The Morgan fingerprint density at radius 1 is 1.30 bits per heavy atom. The van der Waals surface area contributed by atoms with Gasteiger partial charge in [0.25, 0.3) is 0 Å². The number of Topliss-reactive ketones (excluding diaryl/α,β-unsaturated/α-hetero) is 1. The van der Waals surface area contributed by atoms with Crippen LogP contribution in [0.15, 0.2) is 46.9 Å². The van der Waals surface area contributed by atoms with Crippen molar-refractivity contribution in [2.24, 2.45) is 0 Å². The van der Waals surface area contributed by atoms with Crippen LogP contribution in [-0.2, 0) is 0 Å². The Morgan fingerprint density at radius 3 is 2.55 bits per heavy atom. The minimum Gasteiger partial charge on any atom is -0.293 e. The van der Waals surface area contributed by atoms with Gasteiger partial charge in [0.2, 0.25) is 0 Å².